The van der Waals surface area contributed by atoms with Crippen LogP contribution in [0.25, 0.3) is 0 Å². The van der Waals surface area contributed by atoms with E-state index in [1.54, 1.807) is 0 Å². The zero-order chi connectivity index (χ0) is 15.8. The number of hydrogen-bond acceptors (Lipinski definition) is 3. The average Bonchev–Trinajstić information content (AvgIpc) is 2.56. The summed E-state index contributed by atoms with van der Waals surface area (Å²) in [6.45, 7) is 0. The predicted molar refractivity (Wildman–Crippen MR) is 86.9 cm³/mol. The summed E-state index contributed by atoms with van der Waals surface area (Å²) < 4.78 is 0. The summed E-state index contributed by atoms with van der Waals surface area (Å²) in [4.78, 5) is 23.2. The first-order chi connectivity index (χ1) is 10.7. The molecule has 1 amide bonds. The summed E-state index contributed by atoms with van der Waals surface area (Å²) in [6, 6.07) is 8.43. The molecule has 0 bridgehead atoms. The SMILES string of the molecule is N[C@@H](CC1CCCCC1)C(=O)N[C@H]([C]=O)Cc1ccccc1. The monoisotopic (exact) mass is 301 g/mol. The van der Waals surface area contributed by atoms with Gasteiger partial charge < -0.3 is 11.1 Å². The first-order valence-corrected chi connectivity index (χ1v) is 8.16. The van der Waals surface area contributed by atoms with Crippen LogP contribution >= 0.6 is 0 Å². The molecule has 0 heterocycles. The van der Waals surface area contributed by atoms with Crippen LogP contribution in [-0.4, -0.2) is 24.3 Å². The number of carbonyl (C=O) groups is 1. The molecule has 22 heavy (non-hydrogen) atoms. The third-order valence-electron chi connectivity index (χ3n) is 4.39. The third kappa shape index (κ3) is 5.26. The van der Waals surface area contributed by atoms with Gasteiger partial charge in [-0.05, 0) is 17.9 Å². The van der Waals surface area contributed by atoms with Gasteiger partial charge in [-0.15, -0.1) is 0 Å². The fourth-order valence-corrected chi connectivity index (χ4v) is 3.14. The standard InChI is InChI=1S/C18H25N2O2/c19-17(12-15-9-5-2-6-10-15)18(22)20-16(13-21)11-14-7-3-1-4-8-14/h1,3-4,7-8,15-17H,2,5-6,9-12,19H2,(H,20,22)/t16-,17-/m0/s1. The lowest BCUT2D eigenvalue weighted by atomic mass is 9.85. The van der Waals surface area contributed by atoms with Gasteiger partial charge in [0.05, 0.1) is 12.1 Å². The zero-order valence-corrected chi connectivity index (χ0v) is 13.0. The van der Waals surface area contributed by atoms with E-state index in [2.05, 4.69) is 5.32 Å². The summed E-state index contributed by atoms with van der Waals surface area (Å²) in [5.41, 5.74) is 7.00. The summed E-state index contributed by atoms with van der Waals surface area (Å²) in [5, 5.41) is 2.72. The van der Waals surface area contributed by atoms with Gasteiger partial charge in [0.1, 0.15) is 0 Å². The van der Waals surface area contributed by atoms with Crippen molar-refractivity contribution in [3.05, 3.63) is 35.9 Å². The van der Waals surface area contributed by atoms with Crippen LogP contribution in [0, 0.1) is 5.92 Å². The molecule has 4 heteroatoms. The Morgan fingerprint density at radius 3 is 2.55 bits per heavy atom. The molecule has 1 fully saturated rings. The Morgan fingerprint density at radius 2 is 1.91 bits per heavy atom. The van der Waals surface area contributed by atoms with E-state index < -0.39 is 12.1 Å². The van der Waals surface area contributed by atoms with Gasteiger partial charge >= 0.3 is 0 Å². The molecule has 2 rings (SSSR count). The molecule has 2 atom stereocenters. The van der Waals surface area contributed by atoms with Gasteiger partial charge in [-0.3, -0.25) is 9.59 Å². The molecule has 0 aromatic heterocycles. The first kappa shape index (κ1) is 16.7. The highest BCUT2D eigenvalue weighted by Crippen LogP contribution is 2.26. The maximum atomic E-state index is 12.2. The van der Waals surface area contributed by atoms with E-state index >= 15 is 0 Å². The van der Waals surface area contributed by atoms with Crippen LogP contribution in [0.5, 0.6) is 0 Å². The van der Waals surface area contributed by atoms with Crippen molar-refractivity contribution in [1.29, 1.82) is 0 Å². The number of benzene rings is 1. The van der Waals surface area contributed by atoms with E-state index in [0.717, 1.165) is 18.4 Å². The van der Waals surface area contributed by atoms with Crippen LogP contribution in [0.1, 0.15) is 44.1 Å². The minimum Gasteiger partial charge on any atom is -0.344 e. The van der Waals surface area contributed by atoms with Gasteiger partial charge in [-0.2, -0.15) is 0 Å². The average molecular weight is 301 g/mol. The summed E-state index contributed by atoms with van der Waals surface area (Å²) in [7, 11) is 0. The van der Waals surface area contributed by atoms with Gasteiger partial charge in [-0.25, -0.2) is 0 Å². The van der Waals surface area contributed by atoms with Gasteiger partial charge in [0, 0.05) is 6.42 Å². The molecule has 1 aromatic carbocycles. The molecule has 4 nitrogen and oxygen atoms in total. The van der Waals surface area contributed by atoms with Crippen molar-refractivity contribution in [1.82, 2.24) is 5.32 Å². The molecular weight excluding hydrogens is 276 g/mol. The quantitative estimate of drug-likeness (QED) is 0.810. The Labute approximate surface area is 132 Å². The molecule has 1 radical (unpaired) electrons. The third-order valence-corrected chi connectivity index (χ3v) is 4.39. The Bertz CT molecular complexity index is 469. The first-order valence-electron chi connectivity index (χ1n) is 8.16. The fourth-order valence-electron chi connectivity index (χ4n) is 3.14. The molecular formula is C18H25N2O2. The number of carbonyl (C=O) groups excluding carboxylic acids is 2. The number of nitrogens with two attached hydrogens (primary N) is 1. The molecule has 0 aliphatic heterocycles. The largest absolute Gasteiger partial charge is 0.344 e. The highest BCUT2D eigenvalue weighted by atomic mass is 16.2. The number of rotatable bonds is 7. The van der Waals surface area contributed by atoms with Crippen LogP contribution in [0.2, 0.25) is 0 Å². The smallest absolute Gasteiger partial charge is 0.237 e. The number of amides is 1. The molecule has 1 aliphatic carbocycles. The van der Waals surface area contributed by atoms with E-state index in [4.69, 9.17) is 5.73 Å². The normalized spacial score (nSPS) is 18.4. The van der Waals surface area contributed by atoms with Crippen molar-refractivity contribution in [3.63, 3.8) is 0 Å². The minimum atomic E-state index is -0.632. The van der Waals surface area contributed by atoms with E-state index in [0.29, 0.717) is 18.8 Å². The van der Waals surface area contributed by atoms with Gasteiger partial charge in [0.2, 0.25) is 12.2 Å². The topological polar surface area (TPSA) is 72.2 Å². The molecule has 3 N–H and O–H groups in total. The summed E-state index contributed by atoms with van der Waals surface area (Å²) in [6.07, 6.45) is 9.14. The summed E-state index contributed by atoms with van der Waals surface area (Å²) >= 11 is 0. The van der Waals surface area contributed by atoms with Crippen LogP contribution < -0.4 is 11.1 Å². The van der Waals surface area contributed by atoms with Crippen molar-refractivity contribution in [2.45, 2.75) is 57.0 Å². The van der Waals surface area contributed by atoms with Crippen molar-refractivity contribution < 1.29 is 9.59 Å². The van der Waals surface area contributed by atoms with Crippen molar-refractivity contribution in [2.75, 3.05) is 0 Å². The van der Waals surface area contributed by atoms with Crippen molar-refractivity contribution in [2.24, 2.45) is 11.7 Å². The maximum Gasteiger partial charge on any atom is 0.237 e. The summed E-state index contributed by atoms with van der Waals surface area (Å²) in [5.74, 6) is 0.303. The highest BCUT2D eigenvalue weighted by Gasteiger charge is 2.23. The van der Waals surface area contributed by atoms with Crippen LogP contribution in [0.3, 0.4) is 0 Å². The van der Waals surface area contributed by atoms with E-state index in [9.17, 15) is 9.59 Å². The van der Waals surface area contributed by atoms with E-state index in [1.165, 1.54) is 19.3 Å². The second kappa shape index (κ2) is 8.69. The Hall–Kier alpha value is -1.68. The van der Waals surface area contributed by atoms with Gasteiger partial charge in [-0.1, -0.05) is 62.4 Å². The maximum absolute atomic E-state index is 12.2. The molecule has 0 spiro atoms. The van der Waals surface area contributed by atoms with E-state index in [1.807, 2.05) is 36.6 Å². The zero-order valence-electron chi connectivity index (χ0n) is 13.0. The lowest BCUT2D eigenvalue weighted by molar-refractivity contribution is -0.123. The van der Waals surface area contributed by atoms with Crippen LogP contribution in [0.4, 0.5) is 0 Å². The van der Waals surface area contributed by atoms with E-state index in [-0.39, 0.29) is 5.91 Å². The Balaban J connectivity index is 1.81. The number of hydrogen-bond donors (Lipinski definition) is 2. The van der Waals surface area contributed by atoms with Crippen molar-refractivity contribution in [3.8, 4) is 0 Å². The molecule has 1 aliphatic rings. The van der Waals surface area contributed by atoms with Gasteiger partial charge in [0.25, 0.3) is 0 Å². The predicted octanol–water partition coefficient (Wildman–Crippen LogP) is 2.12. The highest BCUT2D eigenvalue weighted by molar-refractivity contribution is 5.84. The van der Waals surface area contributed by atoms with Crippen LogP contribution in [-0.2, 0) is 16.0 Å². The second-order valence-electron chi connectivity index (χ2n) is 6.21. The lowest BCUT2D eigenvalue weighted by Gasteiger charge is -2.24. The second-order valence-corrected chi connectivity index (χ2v) is 6.21. The molecule has 1 aromatic rings. The van der Waals surface area contributed by atoms with Gasteiger partial charge in [0.15, 0.2) is 0 Å². The molecule has 119 valence electrons. The molecule has 1 saturated carbocycles. The Morgan fingerprint density at radius 1 is 1.23 bits per heavy atom. The number of nitrogens with one attached hydrogen (secondary N) is 1. The fraction of sp³-hybridized carbons (Fsp3) is 0.556. The van der Waals surface area contributed by atoms with Crippen molar-refractivity contribution >= 4 is 12.2 Å². The Kier molecular flexibility index (Phi) is 6.59. The van der Waals surface area contributed by atoms with Crippen LogP contribution in [0.15, 0.2) is 30.3 Å². The lowest BCUT2D eigenvalue weighted by Crippen LogP contribution is -2.47. The molecule has 0 unspecified atom stereocenters. The minimum absolute atomic E-state index is 0.241. The molecule has 0 saturated heterocycles.